The minimum atomic E-state index is -0.544. The lowest BCUT2D eigenvalue weighted by Gasteiger charge is -2.13. The van der Waals surface area contributed by atoms with Crippen molar-refractivity contribution in [3.8, 4) is 0 Å². The highest BCUT2D eigenvalue weighted by atomic mass is 32.2. The van der Waals surface area contributed by atoms with Crippen LogP contribution in [0.3, 0.4) is 0 Å². The summed E-state index contributed by atoms with van der Waals surface area (Å²) >= 11 is 1.41. The molecule has 2 heterocycles. The summed E-state index contributed by atoms with van der Waals surface area (Å²) in [6.45, 7) is 4.55. The van der Waals surface area contributed by atoms with Crippen LogP contribution in [0.1, 0.15) is 36.8 Å². The Kier molecular flexibility index (Phi) is 7.24. The van der Waals surface area contributed by atoms with E-state index in [2.05, 4.69) is 10.3 Å². The van der Waals surface area contributed by atoms with Gasteiger partial charge < -0.3 is 14.6 Å². The third kappa shape index (κ3) is 5.60. The lowest BCUT2D eigenvalue weighted by molar-refractivity contribution is -0.385. The molecule has 2 aromatic heterocycles. The maximum Gasteiger partial charge on any atom is 0.407 e. The summed E-state index contributed by atoms with van der Waals surface area (Å²) < 4.78 is 7.24. The summed E-state index contributed by atoms with van der Waals surface area (Å²) in [6, 6.07) is 10.3. The van der Waals surface area contributed by atoms with Crippen LogP contribution in [0.15, 0.2) is 58.7 Å². The Hall–Kier alpha value is -3.40. The number of benzene rings is 1. The first-order valence-corrected chi connectivity index (χ1v) is 10.5. The zero-order valence-electron chi connectivity index (χ0n) is 17.4. The number of hydrogen-bond donors (Lipinski definition) is 1. The predicted molar refractivity (Wildman–Crippen MR) is 116 cm³/mol. The van der Waals surface area contributed by atoms with Crippen LogP contribution in [0.5, 0.6) is 0 Å². The summed E-state index contributed by atoms with van der Waals surface area (Å²) in [5.41, 5.74) is 1.87. The molecule has 10 heteroatoms. The topological polar surface area (TPSA) is 112 Å². The number of aromatic nitrogens is 3. The number of ether oxygens (including phenoxy) is 1. The molecule has 0 spiro atoms. The monoisotopic (exact) mass is 441 g/mol. The average molecular weight is 442 g/mol. The van der Waals surface area contributed by atoms with Gasteiger partial charge in [0.05, 0.1) is 17.2 Å². The molecule has 9 nitrogen and oxygen atoms in total. The van der Waals surface area contributed by atoms with E-state index in [1.807, 2.05) is 36.6 Å². The van der Waals surface area contributed by atoms with Crippen molar-refractivity contribution in [3.05, 3.63) is 76.0 Å². The van der Waals surface area contributed by atoms with Crippen molar-refractivity contribution < 1.29 is 14.5 Å². The SMILES string of the molecule is CNC(=O)OCc1nc(C(C)C)c(Sc2cccc([N+](=O)[O-])c2)n1Cc1ccncc1. The largest absolute Gasteiger partial charge is 0.441 e. The molecular weight excluding hydrogens is 418 g/mol. The fourth-order valence-corrected chi connectivity index (χ4v) is 4.12. The van der Waals surface area contributed by atoms with Crippen LogP contribution in [-0.2, 0) is 17.9 Å². The van der Waals surface area contributed by atoms with E-state index in [1.165, 1.54) is 24.9 Å². The van der Waals surface area contributed by atoms with E-state index in [-0.39, 0.29) is 18.2 Å². The molecule has 1 aromatic carbocycles. The standard InChI is InChI=1S/C21H23N5O4S/c1-14(2)19-20(31-17-6-4-5-16(11-17)26(28)29)25(12-15-7-9-23-10-8-15)18(24-19)13-30-21(27)22-3/h4-11,14H,12-13H2,1-3H3,(H,22,27). The van der Waals surface area contributed by atoms with Gasteiger partial charge >= 0.3 is 6.09 Å². The van der Waals surface area contributed by atoms with Crippen molar-refractivity contribution in [2.24, 2.45) is 0 Å². The number of alkyl carbamates (subject to hydrolysis) is 1. The number of nitrogens with zero attached hydrogens (tertiary/aromatic N) is 4. The van der Waals surface area contributed by atoms with Crippen LogP contribution in [0.2, 0.25) is 0 Å². The summed E-state index contributed by atoms with van der Waals surface area (Å²) in [7, 11) is 1.49. The minimum absolute atomic E-state index is 0.0000254. The molecule has 1 N–H and O–H groups in total. The fraction of sp³-hybridized carbons (Fsp3) is 0.286. The molecule has 0 aliphatic carbocycles. The van der Waals surface area contributed by atoms with Gasteiger partial charge in [0.15, 0.2) is 6.61 Å². The smallest absolute Gasteiger partial charge is 0.407 e. The normalized spacial score (nSPS) is 10.8. The number of carbonyl (C=O) groups excluding carboxylic acids is 1. The number of nitrogens with one attached hydrogen (secondary N) is 1. The fourth-order valence-electron chi connectivity index (χ4n) is 2.90. The molecule has 0 saturated heterocycles. The molecule has 3 rings (SSSR count). The highest BCUT2D eigenvalue weighted by Crippen LogP contribution is 2.36. The molecule has 0 radical (unpaired) electrons. The lowest BCUT2D eigenvalue weighted by Crippen LogP contribution is -2.20. The van der Waals surface area contributed by atoms with Crippen LogP contribution in [-0.4, -0.2) is 32.6 Å². The molecule has 0 atom stereocenters. The third-order valence-electron chi connectivity index (χ3n) is 4.44. The first-order chi connectivity index (χ1) is 14.9. The van der Waals surface area contributed by atoms with Gasteiger partial charge in [-0.25, -0.2) is 9.78 Å². The van der Waals surface area contributed by atoms with Crippen molar-refractivity contribution >= 4 is 23.5 Å². The second kappa shape index (κ2) is 10.1. The Labute approximate surface area is 184 Å². The van der Waals surface area contributed by atoms with Gasteiger partial charge in [-0.15, -0.1) is 0 Å². The number of nitro groups is 1. The average Bonchev–Trinajstić information content (AvgIpc) is 3.10. The number of pyridine rings is 1. The van der Waals surface area contributed by atoms with Crippen LogP contribution >= 0.6 is 11.8 Å². The van der Waals surface area contributed by atoms with Crippen molar-refractivity contribution in [2.45, 2.75) is 42.8 Å². The molecular formula is C21H23N5O4S. The highest BCUT2D eigenvalue weighted by molar-refractivity contribution is 7.99. The second-order valence-corrected chi connectivity index (χ2v) is 8.06. The zero-order chi connectivity index (χ0) is 22.4. The lowest BCUT2D eigenvalue weighted by atomic mass is 10.1. The molecule has 0 bridgehead atoms. The van der Waals surface area contributed by atoms with Gasteiger partial charge in [-0.2, -0.15) is 0 Å². The van der Waals surface area contributed by atoms with E-state index < -0.39 is 11.0 Å². The number of carbonyl (C=O) groups is 1. The Morgan fingerprint density at radius 1 is 1.29 bits per heavy atom. The number of amides is 1. The quantitative estimate of drug-likeness (QED) is 0.408. The van der Waals surface area contributed by atoms with Crippen molar-refractivity contribution in [1.29, 1.82) is 0 Å². The third-order valence-corrected chi connectivity index (χ3v) is 5.55. The van der Waals surface area contributed by atoms with Gasteiger partial charge in [0.2, 0.25) is 0 Å². The minimum Gasteiger partial charge on any atom is -0.441 e. The number of rotatable bonds is 8. The highest BCUT2D eigenvalue weighted by Gasteiger charge is 2.22. The van der Waals surface area contributed by atoms with Crippen molar-refractivity contribution in [3.63, 3.8) is 0 Å². The second-order valence-electron chi connectivity index (χ2n) is 7.00. The number of non-ortho nitro benzene ring substituents is 1. The molecule has 31 heavy (non-hydrogen) atoms. The van der Waals surface area contributed by atoms with Gasteiger partial charge in [-0.3, -0.25) is 15.1 Å². The molecule has 1 amide bonds. The van der Waals surface area contributed by atoms with Gasteiger partial charge in [0, 0.05) is 36.5 Å². The summed E-state index contributed by atoms with van der Waals surface area (Å²) in [5, 5.41) is 14.5. The van der Waals surface area contributed by atoms with Crippen molar-refractivity contribution in [2.75, 3.05) is 7.05 Å². The first-order valence-electron chi connectivity index (χ1n) is 9.64. The maximum atomic E-state index is 11.6. The van der Waals surface area contributed by atoms with Crippen LogP contribution in [0, 0.1) is 10.1 Å². The molecule has 0 aliphatic heterocycles. The molecule has 0 aliphatic rings. The summed E-state index contributed by atoms with van der Waals surface area (Å²) in [5.74, 6) is 0.690. The van der Waals surface area contributed by atoms with Crippen LogP contribution in [0.4, 0.5) is 10.5 Å². The predicted octanol–water partition coefficient (Wildman–Crippen LogP) is 4.37. The molecule has 162 valence electrons. The van der Waals surface area contributed by atoms with Crippen molar-refractivity contribution in [1.82, 2.24) is 19.9 Å². The van der Waals surface area contributed by atoms with Gasteiger partial charge in [-0.1, -0.05) is 31.7 Å². The van der Waals surface area contributed by atoms with Crippen LogP contribution < -0.4 is 5.32 Å². The number of imidazole rings is 1. The van der Waals surface area contributed by atoms with E-state index in [0.717, 1.165) is 21.2 Å². The first kappa shape index (κ1) is 22.3. The van der Waals surface area contributed by atoms with Gasteiger partial charge in [-0.05, 0) is 29.7 Å². The molecule has 3 aromatic rings. The molecule has 0 unspecified atom stereocenters. The summed E-state index contributed by atoms with van der Waals surface area (Å²) in [6.07, 6.45) is 2.88. The molecule has 0 saturated carbocycles. The Morgan fingerprint density at radius 3 is 2.68 bits per heavy atom. The Morgan fingerprint density at radius 2 is 2.03 bits per heavy atom. The summed E-state index contributed by atoms with van der Waals surface area (Å²) in [4.78, 5) is 31.9. The van der Waals surface area contributed by atoms with E-state index >= 15 is 0 Å². The maximum absolute atomic E-state index is 11.6. The van der Waals surface area contributed by atoms with E-state index in [4.69, 9.17) is 9.72 Å². The zero-order valence-corrected chi connectivity index (χ0v) is 18.3. The number of nitro benzene ring substituents is 1. The Balaban J connectivity index is 2.05. The van der Waals surface area contributed by atoms with E-state index in [1.54, 1.807) is 24.5 Å². The molecule has 0 fully saturated rings. The van der Waals surface area contributed by atoms with E-state index in [0.29, 0.717) is 12.4 Å². The van der Waals surface area contributed by atoms with Gasteiger partial charge in [0.25, 0.3) is 5.69 Å². The Bertz CT molecular complexity index is 1070. The number of hydrogen-bond acceptors (Lipinski definition) is 7. The van der Waals surface area contributed by atoms with E-state index in [9.17, 15) is 14.9 Å². The van der Waals surface area contributed by atoms with Gasteiger partial charge in [0.1, 0.15) is 10.9 Å². The van der Waals surface area contributed by atoms with Crippen LogP contribution in [0.25, 0.3) is 0 Å².